The Morgan fingerprint density at radius 1 is 1.22 bits per heavy atom. The lowest BCUT2D eigenvalue weighted by Gasteiger charge is -2.24. The third-order valence-corrected chi connectivity index (χ3v) is 4.13. The molecule has 3 N–H and O–H groups in total. The molecule has 0 spiro atoms. The van der Waals surface area contributed by atoms with E-state index in [9.17, 15) is 5.11 Å². The van der Waals surface area contributed by atoms with E-state index in [1.165, 1.54) is 31.2 Å². The van der Waals surface area contributed by atoms with Gasteiger partial charge in [0.15, 0.2) is 0 Å². The van der Waals surface area contributed by atoms with Gasteiger partial charge in [-0.3, -0.25) is 0 Å². The number of unbranched alkanes of at least 4 members (excludes halogenated alkanes) is 4. The zero-order valence-electron chi connectivity index (χ0n) is 11.4. The first-order valence-corrected chi connectivity index (χ1v) is 7.27. The number of rotatable bonds is 6. The van der Waals surface area contributed by atoms with Crippen LogP contribution in [0, 0.1) is 0 Å². The number of fused-ring (bicyclic) bond motifs is 1. The highest BCUT2D eigenvalue weighted by Crippen LogP contribution is 2.41. The third-order valence-electron chi connectivity index (χ3n) is 4.13. The van der Waals surface area contributed by atoms with Gasteiger partial charge in [-0.2, -0.15) is 0 Å². The molecule has 1 aliphatic rings. The summed E-state index contributed by atoms with van der Waals surface area (Å²) >= 11 is 0. The summed E-state index contributed by atoms with van der Waals surface area (Å²) in [6.07, 6.45) is 8.96. The number of hydrogen-bond acceptors (Lipinski definition) is 2. The van der Waals surface area contributed by atoms with Gasteiger partial charge >= 0.3 is 0 Å². The van der Waals surface area contributed by atoms with Gasteiger partial charge in [-0.25, -0.2) is 0 Å². The average molecular weight is 247 g/mol. The summed E-state index contributed by atoms with van der Waals surface area (Å²) in [4.78, 5) is 0. The van der Waals surface area contributed by atoms with Crippen molar-refractivity contribution in [2.24, 2.45) is 0 Å². The number of nitrogens with two attached hydrogens (primary N) is 1. The molecule has 0 bridgehead atoms. The van der Waals surface area contributed by atoms with Crippen molar-refractivity contribution < 1.29 is 5.11 Å². The first-order valence-electron chi connectivity index (χ1n) is 7.27. The summed E-state index contributed by atoms with van der Waals surface area (Å²) in [5, 5.41) is 10.8. The molecule has 1 atom stereocenters. The Labute approximate surface area is 110 Å². The van der Waals surface area contributed by atoms with E-state index >= 15 is 0 Å². The summed E-state index contributed by atoms with van der Waals surface area (Å²) in [5.74, 6) is 0. The van der Waals surface area contributed by atoms with Crippen LogP contribution in [0.1, 0.15) is 63.0 Å². The molecule has 0 saturated heterocycles. The van der Waals surface area contributed by atoms with Gasteiger partial charge in [-0.15, -0.1) is 0 Å². The van der Waals surface area contributed by atoms with Crippen molar-refractivity contribution in [3.05, 3.63) is 29.3 Å². The Morgan fingerprint density at radius 2 is 2.00 bits per heavy atom. The third kappa shape index (κ3) is 2.86. The first kappa shape index (κ1) is 13.4. The van der Waals surface area contributed by atoms with Crippen molar-refractivity contribution in [2.45, 2.75) is 63.9 Å². The number of aliphatic hydroxyl groups is 1. The predicted molar refractivity (Wildman–Crippen MR) is 76.4 cm³/mol. The van der Waals surface area contributed by atoms with Crippen molar-refractivity contribution in [3.63, 3.8) is 0 Å². The van der Waals surface area contributed by atoms with Crippen molar-refractivity contribution >= 4 is 5.69 Å². The Balaban J connectivity index is 1.93. The van der Waals surface area contributed by atoms with Crippen LogP contribution in [-0.4, -0.2) is 5.11 Å². The van der Waals surface area contributed by atoms with Gasteiger partial charge in [-0.05, 0) is 42.5 Å². The lowest BCUT2D eigenvalue weighted by Crippen LogP contribution is -2.22. The number of aryl methyl sites for hydroxylation is 1. The molecule has 2 nitrogen and oxygen atoms in total. The monoisotopic (exact) mass is 247 g/mol. The van der Waals surface area contributed by atoms with Gasteiger partial charge in [0.25, 0.3) is 0 Å². The van der Waals surface area contributed by atoms with Crippen molar-refractivity contribution in [2.75, 3.05) is 5.73 Å². The molecule has 1 aliphatic carbocycles. The second-order valence-electron chi connectivity index (χ2n) is 5.61. The van der Waals surface area contributed by atoms with Crippen molar-refractivity contribution in [3.8, 4) is 0 Å². The molecule has 0 saturated carbocycles. The standard InChI is InChI=1S/C16H25NO/c1-2-3-4-5-6-10-16(18)11-9-13-12-14(17)7-8-15(13)16/h7-8,12,18H,2-6,9-11,17H2,1H3. The highest BCUT2D eigenvalue weighted by Gasteiger charge is 2.35. The van der Waals surface area contributed by atoms with Gasteiger partial charge in [0.1, 0.15) is 0 Å². The average Bonchev–Trinajstić information content (AvgIpc) is 2.67. The zero-order valence-corrected chi connectivity index (χ0v) is 11.4. The van der Waals surface area contributed by atoms with Crippen molar-refractivity contribution in [1.29, 1.82) is 0 Å². The molecular formula is C16H25NO. The largest absolute Gasteiger partial charge is 0.399 e. The normalized spacial score (nSPS) is 22.1. The number of nitrogen functional groups attached to an aromatic ring is 1. The van der Waals surface area contributed by atoms with Gasteiger partial charge in [0, 0.05) is 5.69 Å². The molecule has 1 aromatic carbocycles. The minimum Gasteiger partial charge on any atom is -0.399 e. The lowest BCUT2D eigenvalue weighted by molar-refractivity contribution is 0.0267. The van der Waals surface area contributed by atoms with E-state index in [-0.39, 0.29) is 0 Å². The summed E-state index contributed by atoms with van der Waals surface area (Å²) in [6, 6.07) is 5.94. The predicted octanol–water partition coefficient (Wildman–Crippen LogP) is 3.76. The maximum Gasteiger partial charge on any atom is 0.0902 e. The van der Waals surface area contributed by atoms with E-state index in [1.54, 1.807) is 0 Å². The summed E-state index contributed by atoms with van der Waals surface area (Å²) in [7, 11) is 0. The smallest absolute Gasteiger partial charge is 0.0902 e. The van der Waals surface area contributed by atoms with E-state index < -0.39 is 5.60 Å². The highest BCUT2D eigenvalue weighted by atomic mass is 16.3. The fourth-order valence-corrected chi connectivity index (χ4v) is 3.03. The Hall–Kier alpha value is -1.02. The lowest BCUT2D eigenvalue weighted by atomic mass is 9.89. The highest BCUT2D eigenvalue weighted by molar-refractivity contribution is 5.48. The van der Waals surface area contributed by atoms with Gasteiger partial charge in [0.05, 0.1) is 5.60 Å². The Morgan fingerprint density at radius 3 is 2.78 bits per heavy atom. The van der Waals surface area contributed by atoms with Crippen LogP contribution in [0.15, 0.2) is 18.2 Å². The van der Waals surface area contributed by atoms with Gasteiger partial charge in [0.2, 0.25) is 0 Å². The Kier molecular flexibility index (Phi) is 4.28. The number of benzene rings is 1. The SMILES string of the molecule is CCCCCCCC1(O)CCc2cc(N)ccc21. The van der Waals surface area contributed by atoms with E-state index in [0.29, 0.717) is 0 Å². The molecule has 18 heavy (non-hydrogen) atoms. The van der Waals surface area contributed by atoms with Crippen LogP contribution in [0.3, 0.4) is 0 Å². The van der Waals surface area contributed by atoms with Crippen LogP contribution in [0.2, 0.25) is 0 Å². The van der Waals surface area contributed by atoms with E-state index in [2.05, 4.69) is 6.92 Å². The fourth-order valence-electron chi connectivity index (χ4n) is 3.03. The molecule has 2 heteroatoms. The van der Waals surface area contributed by atoms with Crippen LogP contribution in [0.5, 0.6) is 0 Å². The summed E-state index contributed by atoms with van der Waals surface area (Å²) in [6.45, 7) is 2.23. The van der Waals surface area contributed by atoms with E-state index in [0.717, 1.165) is 36.9 Å². The van der Waals surface area contributed by atoms with E-state index in [4.69, 9.17) is 5.73 Å². The molecule has 2 rings (SSSR count). The molecule has 1 unspecified atom stereocenters. The molecule has 0 amide bonds. The van der Waals surface area contributed by atoms with Crippen LogP contribution in [0.25, 0.3) is 0 Å². The zero-order chi connectivity index (χ0) is 13.0. The molecule has 0 heterocycles. The van der Waals surface area contributed by atoms with Crippen LogP contribution >= 0.6 is 0 Å². The molecule has 0 radical (unpaired) electrons. The molecular weight excluding hydrogens is 222 g/mol. The number of hydrogen-bond donors (Lipinski definition) is 2. The second-order valence-corrected chi connectivity index (χ2v) is 5.61. The molecule has 0 aliphatic heterocycles. The maximum absolute atomic E-state index is 10.8. The van der Waals surface area contributed by atoms with Crippen LogP contribution in [0.4, 0.5) is 5.69 Å². The number of anilines is 1. The summed E-state index contributed by atoms with van der Waals surface area (Å²) in [5.41, 5.74) is 8.37. The maximum atomic E-state index is 10.8. The van der Waals surface area contributed by atoms with Gasteiger partial charge < -0.3 is 10.8 Å². The quantitative estimate of drug-likeness (QED) is 0.594. The molecule has 1 aromatic rings. The minimum atomic E-state index is -0.588. The topological polar surface area (TPSA) is 46.2 Å². The fraction of sp³-hybridized carbons (Fsp3) is 0.625. The first-order chi connectivity index (χ1) is 8.65. The minimum absolute atomic E-state index is 0.588. The van der Waals surface area contributed by atoms with Crippen LogP contribution < -0.4 is 5.73 Å². The summed E-state index contributed by atoms with van der Waals surface area (Å²) < 4.78 is 0. The molecule has 0 aromatic heterocycles. The van der Waals surface area contributed by atoms with Gasteiger partial charge in [-0.1, -0.05) is 45.1 Å². The van der Waals surface area contributed by atoms with E-state index in [1.807, 2.05) is 18.2 Å². The second kappa shape index (κ2) is 5.75. The molecule has 100 valence electrons. The van der Waals surface area contributed by atoms with Crippen molar-refractivity contribution in [1.82, 2.24) is 0 Å². The van der Waals surface area contributed by atoms with Crippen LogP contribution in [-0.2, 0) is 12.0 Å². The molecule has 0 fully saturated rings. The Bertz CT molecular complexity index is 402.